The van der Waals surface area contributed by atoms with Gasteiger partial charge in [-0.15, -0.1) is 0 Å². The lowest BCUT2D eigenvalue weighted by molar-refractivity contribution is -0.137. The van der Waals surface area contributed by atoms with Gasteiger partial charge in [0.25, 0.3) is 5.91 Å². The lowest BCUT2D eigenvalue weighted by atomic mass is 9.99. The van der Waals surface area contributed by atoms with Gasteiger partial charge in [0, 0.05) is 47.9 Å². The average molecular weight is 472 g/mol. The summed E-state index contributed by atoms with van der Waals surface area (Å²) in [6, 6.07) is 8.66. The second kappa shape index (κ2) is 7.89. The Morgan fingerprint density at radius 3 is 2.47 bits per heavy atom. The molecule has 0 radical (unpaired) electrons. The number of nitrogens with zero attached hydrogens (tertiary/aromatic N) is 4. The highest BCUT2D eigenvalue weighted by molar-refractivity contribution is 5.98. The van der Waals surface area contributed by atoms with E-state index < -0.39 is 23.4 Å². The van der Waals surface area contributed by atoms with E-state index in [0.717, 1.165) is 23.9 Å². The van der Waals surface area contributed by atoms with Crippen LogP contribution in [0.15, 0.2) is 48.7 Å². The maximum Gasteiger partial charge on any atom is 0.417 e. The van der Waals surface area contributed by atoms with Crippen molar-refractivity contribution >= 4 is 16.8 Å². The summed E-state index contributed by atoms with van der Waals surface area (Å²) in [4.78, 5) is 18.5. The molecule has 1 amide bonds. The van der Waals surface area contributed by atoms with Gasteiger partial charge in [-0.05, 0) is 42.8 Å². The molecule has 34 heavy (non-hydrogen) atoms. The van der Waals surface area contributed by atoms with Crippen LogP contribution in [0.5, 0.6) is 0 Å². The quantitative estimate of drug-likeness (QED) is 0.380. The van der Waals surface area contributed by atoms with Gasteiger partial charge in [0.15, 0.2) is 0 Å². The minimum Gasteiger partial charge on any atom is -0.332 e. The second-order valence-corrected chi connectivity index (χ2v) is 8.16. The lowest BCUT2D eigenvalue weighted by Gasteiger charge is -2.27. The molecule has 5 rings (SSSR count). The van der Waals surface area contributed by atoms with Gasteiger partial charge in [-0.3, -0.25) is 14.5 Å². The molecule has 2 aromatic carbocycles. The first-order valence-electron chi connectivity index (χ1n) is 10.4. The monoisotopic (exact) mass is 472 g/mol. The molecule has 2 aromatic heterocycles. The van der Waals surface area contributed by atoms with E-state index >= 15 is 0 Å². The fraction of sp³-hybridized carbons (Fsp3) is 0.208. The molecule has 0 fully saturated rings. The van der Waals surface area contributed by atoms with E-state index in [4.69, 9.17) is 0 Å². The second-order valence-electron chi connectivity index (χ2n) is 8.16. The fourth-order valence-electron chi connectivity index (χ4n) is 4.35. The van der Waals surface area contributed by atoms with Crippen molar-refractivity contribution in [1.29, 1.82) is 0 Å². The van der Waals surface area contributed by atoms with E-state index in [0.29, 0.717) is 35.4 Å². The Bertz CT molecular complexity index is 1420. The molecular weight excluding hydrogens is 455 g/mol. The van der Waals surface area contributed by atoms with Crippen LogP contribution in [0, 0.1) is 11.6 Å². The van der Waals surface area contributed by atoms with Crippen molar-refractivity contribution in [3.8, 4) is 11.3 Å². The summed E-state index contributed by atoms with van der Waals surface area (Å²) in [5.41, 5.74) is 2.04. The number of carbonyl (C=O) groups excluding carboxylic acids is 1. The molecule has 0 atom stereocenters. The van der Waals surface area contributed by atoms with E-state index in [9.17, 15) is 26.7 Å². The summed E-state index contributed by atoms with van der Waals surface area (Å²) in [7, 11) is 1.66. The number of hydrogen-bond acceptors (Lipinski definition) is 3. The molecule has 0 bridgehead atoms. The Morgan fingerprint density at radius 2 is 1.76 bits per heavy atom. The molecule has 1 aliphatic heterocycles. The van der Waals surface area contributed by atoms with Crippen molar-refractivity contribution in [2.45, 2.75) is 19.1 Å². The molecular formula is C24H17F5N4O. The lowest BCUT2D eigenvalue weighted by Crippen LogP contribution is -2.36. The van der Waals surface area contributed by atoms with Gasteiger partial charge in [0.2, 0.25) is 0 Å². The zero-order valence-corrected chi connectivity index (χ0v) is 17.8. The third-order valence-corrected chi connectivity index (χ3v) is 5.88. The summed E-state index contributed by atoms with van der Waals surface area (Å²) in [6.07, 6.45) is -3.36. The molecule has 0 saturated carbocycles. The number of benzene rings is 2. The zero-order chi connectivity index (χ0) is 24.2. The van der Waals surface area contributed by atoms with Crippen LogP contribution in [0.25, 0.3) is 22.2 Å². The van der Waals surface area contributed by atoms with Crippen molar-refractivity contribution < 1.29 is 26.7 Å². The number of aryl methyl sites for hydroxylation is 1. The Kier molecular flexibility index (Phi) is 5.11. The van der Waals surface area contributed by atoms with Crippen LogP contribution < -0.4 is 0 Å². The molecule has 1 aliphatic rings. The van der Waals surface area contributed by atoms with E-state index in [1.807, 2.05) is 0 Å². The van der Waals surface area contributed by atoms with E-state index in [1.165, 1.54) is 35.0 Å². The number of halogens is 5. The van der Waals surface area contributed by atoms with Crippen molar-refractivity contribution in [2.75, 3.05) is 6.54 Å². The highest BCUT2D eigenvalue weighted by atomic mass is 19.4. The Labute approximate surface area is 190 Å². The SMILES string of the molecule is Cn1nc2c(c1-c1cc(F)cc(F)c1)CCN(C(=O)c1ccc3ncc(C(F)(F)F)cc3c1)C2. The summed E-state index contributed by atoms with van der Waals surface area (Å²) in [5, 5.41) is 4.66. The number of amides is 1. The normalized spacial score (nSPS) is 13.9. The molecule has 4 aromatic rings. The summed E-state index contributed by atoms with van der Waals surface area (Å²) in [6.45, 7) is 0.486. The third-order valence-electron chi connectivity index (χ3n) is 5.88. The number of pyridine rings is 1. The minimum atomic E-state index is -4.54. The summed E-state index contributed by atoms with van der Waals surface area (Å²) >= 11 is 0. The molecule has 0 saturated heterocycles. The number of rotatable bonds is 2. The number of aromatic nitrogens is 3. The molecule has 0 aliphatic carbocycles. The predicted molar refractivity (Wildman–Crippen MR) is 114 cm³/mol. The van der Waals surface area contributed by atoms with Crippen LogP contribution >= 0.6 is 0 Å². The Balaban J connectivity index is 1.44. The van der Waals surface area contributed by atoms with Crippen molar-refractivity contribution in [2.24, 2.45) is 7.05 Å². The highest BCUT2D eigenvalue weighted by Crippen LogP contribution is 2.33. The van der Waals surface area contributed by atoms with Gasteiger partial charge in [-0.1, -0.05) is 0 Å². The van der Waals surface area contributed by atoms with Gasteiger partial charge >= 0.3 is 6.18 Å². The van der Waals surface area contributed by atoms with E-state index in [-0.39, 0.29) is 23.4 Å². The van der Waals surface area contributed by atoms with Crippen LogP contribution in [0.1, 0.15) is 27.2 Å². The van der Waals surface area contributed by atoms with Crippen LogP contribution in [0.3, 0.4) is 0 Å². The van der Waals surface area contributed by atoms with Gasteiger partial charge in [-0.25, -0.2) is 8.78 Å². The molecule has 5 nitrogen and oxygen atoms in total. The number of carbonyl (C=O) groups is 1. The van der Waals surface area contributed by atoms with Gasteiger partial charge in [0.05, 0.1) is 29.0 Å². The number of hydrogen-bond donors (Lipinski definition) is 0. The molecule has 0 spiro atoms. The maximum atomic E-state index is 13.8. The molecule has 0 N–H and O–H groups in total. The van der Waals surface area contributed by atoms with Gasteiger partial charge in [-0.2, -0.15) is 18.3 Å². The highest BCUT2D eigenvalue weighted by Gasteiger charge is 2.31. The van der Waals surface area contributed by atoms with Crippen LogP contribution in [-0.2, 0) is 26.2 Å². The van der Waals surface area contributed by atoms with Crippen molar-refractivity contribution in [3.05, 3.63) is 82.7 Å². The zero-order valence-electron chi connectivity index (χ0n) is 17.8. The molecule has 0 unspecified atom stereocenters. The van der Waals surface area contributed by atoms with Crippen LogP contribution in [-0.4, -0.2) is 32.1 Å². The molecule has 3 heterocycles. The van der Waals surface area contributed by atoms with Crippen molar-refractivity contribution in [1.82, 2.24) is 19.7 Å². The first-order valence-corrected chi connectivity index (χ1v) is 10.4. The summed E-state index contributed by atoms with van der Waals surface area (Å²) < 4.78 is 68.2. The summed E-state index contributed by atoms with van der Waals surface area (Å²) in [5.74, 6) is -1.75. The Morgan fingerprint density at radius 1 is 1.03 bits per heavy atom. The maximum absolute atomic E-state index is 13.8. The van der Waals surface area contributed by atoms with Crippen LogP contribution in [0.2, 0.25) is 0 Å². The third kappa shape index (κ3) is 3.89. The average Bonchev–Trinajstić information content (AvgIpc) is 3.11. The fourth-order valence-corrected chi connectivity index (χ4v) is 4.35. The van der Waals surface area contributed by atoms with Gasteiger partial charge < -0.3 is 4.90 Å². The first-order chi connectivity index (χ1) is 16.1. The standard InChI is InChI=1S/C24H17F5N4O/c1-32-22(15-8-17(25)10-18(26)9-15)19-4-5-33(12-21(19)31-32)23(34)13-2-3-20-14(6-13)7-16(11-30-20)24(27,28)29/h2-3,6-11H,4-5,12H2,1H3. The van der Waals surface area contributed by atoms with Gasteiger partial charge in [0.1, 0.15) is 11.6 Å². The largest absolute Gasteiger partial charge is 0.417 e. The Hall–Kier alpha value is -3.82. The minimum absolute atomic E-state index is 0.165. The topological polar surface area (TPSA) is 51.0 Å². The van der Waals surface area contributed by atoms with Crippen LogP contribution in [0.4, 0.5) is 22.0 Å². The number of fused-ring (bicyclic) bond motifs is 2. The smallest absolute Gasteiger partial charge is 0.332 e. The number of alkyl halides is 3. The first kappa shape index (κ1) is 22.0. The molecule has 174 valence electrons. The molecule has 10 heteroatoms. The predicted octanol–water partition coefficient (Wildman–Crippen LogP) is 5.13. The van der Waals surface area contributed by atoms with E-state index in [1.54, 1.807) is 11.9 Å². The van der Waals surface area contributed by atoms with E-state index in [2.05, 4.69) is 10.1 Å². The van der Waals surface area contributed by atoms with Crippen molar-refractivity contribution in [3.63, 3.8) is 0 Å².